The number of aliphatic carboxylic acids is 1. The van der Waals surface area contributed by atoms with E-state index in [1.165, 1.54) is 38.5 Å². The second kappa shape index (κ2) is 50.3. The van der Waals surface area contributed by atoms with Gasteiger partial charge in [0, 0.05) is 12.8 Å². The quantitative estimate of drug-likeness (QED) is 0.0195. The van der Waals surface area contributed by atoms with Crippen molar-refractivity contribution < 1.29 is 42.9 Å². The highest BCUT2D eigenvalue weighted by molar-refractivity contribution is 5.70. The van der Waals surface area contributed by atoms with E-state index >= 15 is 0 Å². The van der Waals surface area contributed by atoms with E-state index in [1.54, 1.807) is 0 Å². The fraction of sp³-hybridized carbons (Fsp3) is 0.650. The van der Waals surface area contributed by atoms with Crippen molar-refractivity contribution in [1.82, 2.24) is 0 Å². The zero-order valence-corrected chi connectivity index (χ0v) is 44.4. The number of esters is 2. The first-order valence-corrected chi connectivity index (χ1v) is 27.0. The van der Waals surface area contributed by atoms with Crippen LogP contribution in [0.4, 0.5) is 0 Å². The second-order valence-electron chi connectivity index (χ2n) is 18.8. The number of carboxylic acid groups (broad SMARTS) is 1. The minimum absolute atomic E-state index is 0.138. The maximum absolute atomic E-state index is 12.8. The summed E-state index contributed by atoms with van der Waals surface area (Å²) in [7, 11) is 5.90. The third-order valence-electron chi connectivity index (χ3n) is 11.0. The van der Waals surface area contributed by atoms with E-state index in [2.05, 4.69) is 123 Å². The van der Waals surface area contributed by atoms with E-state index in [0.29, 0.717) is 23.9 Å². The summed E-state index contributed by atoms with van der Waals surface area (Å²) in [4.78, 5) is 37.2. The number of allylic oxidation sites excluding steroid dienone is 18. The monoisotopic (exact) mass is 962 g/mol. The number of hydrogen-bond donors (Lipinski definition) is 0. The molecule has 0 rings (SSSR count). The van der Waals surface area contributed by atoms with Gasteiger partial charge in [-0.3, -0.25) is 9.59 Å². The summed E-state index contributed by atoms with van der Waals surface area (Å²) >= 11 is 0. The van der Waals surface area contributed by atoms with Crippen molar-refractivity contribution in [3.05, 3.63) is 109 Å². The topological polar surface area (TPSA) is 111 Å². The van der Waals surface area contributed by atoms with Gasteiger partial charge in [-0.1, -0.05) is 194 Å². The number of carbonyl (C=O) groups is 3. The number of ether oxygens (including phenoxy) is 4. The third kappa shape index (κ3) is 51.6. The lowest BCUT2D eigenvalue weighted by Crippen LogP contribution is -2.44. The first kappa shape index (κ1) is 65.0. The van der Waals surface area contributed by atoms with Crippen molar-refractivity contribution in [3.8, 4) is 0 Å². The number of nitrogens with zero attached hydrogens (tertiary/aromatic N) is 1. The molecule has 0 radical (unpaired) electrons. The van der Waals surface area contributed by atoms with Gasteiger partial charge in [0.05, 0.1) is 40.3 Å². The Balaban J connectivity index is 4.29. The maximum Gasteiger partial charge on any atom is 0.306 e. The van der Waals surface area contributed by atoms with Gasteiger partial charge < -0.3 is 33.3 Å². The van der Waals surface area contributed by atoms with Crippen molar-refractivity contribution in [2.75, 3.05) is 47.5 Å². The number of likely N-dealkylation sites (N-methyl/N-ethyl adjacent to an activating group) is 1. The Bertz CT molecular complexity index is 1490. The Morgan fingerprint density at radius 2 is 0.783 bits per heavy atom. The summed E-state index contributed by atoms with van der Waals surface area (Å²) in [5.74, 6) is -2.32. The number of rotatable bonds is 48. The average molecular weight is 962 g/mol. The van der Waals surface area contributed by atoms with Crippen molar-refractivity contribution in [1.29, 1.82) is 0 Å². The fourth-order valence-corrected chi connectivity index (χ4v) is 6.91. The largest absolute Gasteiger partial charge is 0.545 e. The molecule has 0 aliphatic carbocycles. The molecule has 0 saturated heterocycles. The van der Waals surface area contributed by atoms with Crippen LogP contribution in [0.15, 0.2) is 109 Å². The van der Waals surface area contributed by atoms with Gasteiger partial charge in [-0.15, -0.1) is 0 Å². The molecule has 9 nitrogen and oxygen atoms in total. The molecule has 9 heteroatoms. The molecule has 0 aromatic rings. The van der Waals surface area contributed by atoms with Crippen molar-refractivity contribution in [2.45, 2.75) is 206 Å². The van der Waals surface area contributed by atoms with Crippen LogP contribution in [-0.2, 0) is 33.3 Å². The summed E-state index contributed by atoms with van der Waals surface area (Å²) in [5.41, 5.74) is 0. The van der Waals surface area contributed by atoms with Gasteiger partial charge in [0.25, 0.3) is 0 Å². The molecule has 392 valence electrons. The highest BCUT2D eigenvalue weighted by Crippen LogP contribution is 2.14. The lowest BCUT2D eigenvalue weighted by molar-refractivity contribution is -0.870. The molecule has 69 heavy (non-hydrogen) atoms. The predicted molar refractivity (Wildman–Crippen MR) is 287 cm³/mol. The third-order valence-corrected chi connectivity index (χ3v) is 11.0. The zero-order valence-electron chi connectivity index (χ0n) is 44.4. The number of carbonyl (C=O) groups excluding carboxylic acids is 3. The average Bonchev–Trinajstić information content (AvgIpc) is 3.31. The summed E-state index contributed by atoms with van der Waals surface area (Å²) in [6.45, 7) is 4.47. The van der Waals surface area contributed by atoms with Gasteiger partial charge in [0.1, 0.15) is 13.2 Å². The molecule has 0 spiro atoms. The van der Waals surface area contributed by atoms with Crippen LogP contribution >= 0.6 is 0 Å². The number of hydrogen-bond acceptors (Lipinski definition) is 8. The van der Waals surface area contributed by atoms with Crippen LogP contribution in [0, 0.1) is 0 Å². The molecule has 0 bridgehead atoms. The maximum atomic E-state index is 12.8. The van der Waals surface area contributed by atoms with Gasteiger partial charge in [-0.05, 0) is 96.3 Å². The highest BCUT2D eigenvalue weighted by atomic mass is 16.7. The summed E-state index contributed by atoms with van der Waals surface area (Å²) < 4.78 is 22.6. The number of quaternary nitrogens is 1. The normalized spacial score (nSPS) is 13.7. The summed E-state index contributed by atoms with van der Waals surface area (Å²) in [6, 6.07) is 0. The summed E-state index contributed by atoms with van der Waals surface area (Å²) in [5, 5.41) is 11.7. The van der Waals surface area contributed by atoms with Gasteiger partial charge in [-0.25, -0.2) is 0 Å². The molecular formula is C60H99NO8. The van der Waals surface area contributed by atoms with Crippen LogP contribution in [0.3, 0.4) is 0 Å². The Kier molecular flexibility index (Phi) is 47.4. The van der Waals surface area contributed by atoms with E-state index in [1.807, 2.05) is 21.1 Å². The highest BCUT2D eigenvalue weighted by Gasteiger charge is 2.22. The molecule has 2 atom stereocenters. The minimum Gasteiger partial charge on any atom is -0.545 e. The van der Waals surface area contributed by atoms with Crippen LogP contribution in [0.2, 0.25) is 0 Å². The standard InChI is InChI=1S/C60H99NO8/c1-6-8-10-12-14-16-18-20-22-23-24-25-26-27-28-29-30-31-32-33-34-35-37-39-41-43-45-47-49-51-58(63)69-56(55-68-60(59(64)65)66-53-52-61(3,4)5)54-67-57(62)50-48-46-44-42-40-38-36-21-19-17-15-13-11-9-7-2/h8-11,14-17,20-22,24-25,27-28,30-31,36,56,60H,6-7,12-13,18-19,23,26,29,32-35,37-55H2,1-5H3/b10-8-,11-9-,16-14-,17-15-,22-20-,25-24-,28-27-,31-30-,36-21-. The molecule has 0 heterocycles. The zero-order chi connectivity index (χ0) is 50.6. The molecule has 0 aromatic heterocycles. The van der Waals surface area contributed by atoms with Crippen LogP contribution < -0.4 is 5.11 Å². The van der Waals surface area contributed by atoms with Crippen molar-refractivity contribution in [2.24, 2.45) is 0 Å². The smallest absolute Gasteiger partial charge is 0.306 e. The Morgan fingerprint density at radius 1 is 0.435 bits per heavy atom. The molecule has 0 N–H and O–H groups in total. The van der Waals surface area contributed by atoms with E-state index in [-0.39, 0.29) is 38.6 Å². The molecule has 0 aromatic carbocycles. The SMILES string of the molecule is CC/C=C\C/C=C\C/C=C\C/C=C\C/C=C\C/C=C\CCCCCCCCCCCCC(=O)OC(COC(=O)CCCCCCC/C=C\C/C=C\C/C=C\CC)COC(OCC[N+](C)(C)C)C(=O)[O-]. The second-order valence-corrected chi connectivity index (χ2v) is 18.8. The van der Waals surface area contributed by atoms with Crippen LogP contribution in [0.1, 0.15) is 194 Å². The van der Waals surface area contributed by atoms with Crippen molar-refractivity contribution >= 4 is 17.9 Å². The molecule has 0 saturated carbocycles. The Hall–Kier alpha value is -4.05. The van der Waals surface area contributed by atoms with E-state index in [0.717, 1.165) is 116 Å². The summed E-state index contributed by atoms with van der Waals surface area (Å²) in [6.07, 6.45) is 65.6. The molecule has 0 amide bonds. The van der Waals surface area contributed by atoms with Gasteiger partial charge in [-0.2, -0.15) is 0 Å². The van der Waals surface area contributed by atoms with Crippen molar-refractivity contribution in [3.63, 3.8) is 0 Å². The van der Waals surface area contributed by atoms with E-state index in [4.69, 9.17) is 18.9 Å². The molecular weight excluding hydrogens is 863 g/mol. The van der Waals surface area contributed by atoms with Crippen LogP contribution in [0.25, 0.3) is 0 Å². The lowest BCUT2D eigenvalue weighted by atomic mass is 10.0. The van der Waals surface area contributed by atoms with Crippen LogP contribution in [-0.4, -0.2) is 82.3 Å². The van der Waals surface area contributed by atoms with E-state index in [9.17, 15) is 19.5 Å². The molecule has 0 fully saturated rings. The predicted octanol–water partition coefficient (Wildman–Crippen LogP) is 14.2. The van der Waals surface area contributed by atoms with Gasteiger partial charge >= 0.3 is 11.9 Å². The van der Waals surface area contributed by atoms with Gasteiger partial charge in [0.2, 0.25) is 0 Å². The first-order valence-electron chi connectivity index (χ1n) is 27.0. The molecule has 0 aliphatic heterocycles. The first-order chi connectivity index (χ1) is 33.6. The van der Waals surface area contributed by atoms with Gasteiger partial charge in [0.15, 0.2) is 12.4 Å². The minimum atomic E-state index is -1.63. The lowest BCUT2D eigenvalue weighted by Gasteiger charge is -2.26. The molecule has 0 aliphatic rings. The van der Waals surface area contributed by atoms with Crippen LogP contribution in [0.5, 0.6) is 0 Å². The van der Waals surface area contributed by atoms with E-state index < -0.39 is 24.3 Å². The molecule has 2 unspecified atom stereocenters. The Labute approximate surface area is 422 Å². The Morgan fingerprint density at radius 3 is 1.16 bits per heavy atom. The fourth-order valence-electron chi connectivity index (χ4n) is 6.91. The number of unbranched alkanes of at least 4 members (excludes halogenated alkanes) is 15. The number of carboxylic acids is 1.